The standard InChI is InChI=1S/C9H7F2IN2O/c1-15-8-5(2-3-13)6(12)4-14-7(8)9(10)11/h4,9H,2H2,1H3. The van der Waals surface area contributed by atoms with Gasteiger partial charge in [0.25, 0.3) is 6.43 Å². The molecule has 1 aromatic heterocycles. The molecule has 0 N–H and O–H groups in total. The summed E-state index contributed by atoms with van der Waals surface area (Å²) >= 11 is 1.93. The molecule has 1 heterocycles. The van der Waals surface area contributed by atoms with Gasteiger partial charge in [0, 0.05) is 15.3 Å². The van der Waals surface area contributed by atoms with Gasteiger partial charge in [-0.05, 0) is 22.6 Å². The summed E-state index contributed by atoms with van der Waals surface area (Å²) in [5, 5.41) is 8.58. The average molecular weight is 324 g/mol. The molecule has 0 radical (unpaired) electrons. The van der Waals surface area contributed by atoms with E-state index in [4.69, 9.17) is 10.00 Å². The van der Waals surface area contributed by atoms with E-state index in [2.05, 4.69) is 4.98 Å². The third-order valence-corrected chi connectivity index (χ3v) is 2.71. The number of rotatable bonds is 3. The molecule has 0 saturated carbocycles. The molecule has 0 amide bonds. The number of alkyl halides is 2. The molecule has 0 saturated heterocycles. The van der Waals surface area contributed by atoms with E-state index in [1.165, 1.54) is 13.3 Å². The molecular weight excluding hydrogens is 317 g/mol. The lowest BCUT2D eigenvalue weighted by molar-refractivity contribution is 0.141. The van der Waals surface area contributed by atoms with Crippen molar-refractivity contribution >= 4 is 22.6 Å². The van der Waals surface area contributed by atoms with Gasteiger partial charge in [0.1, 0.15) is 5.69 Å². The van der Waals surface area contributed by atoms with Crippen molar-refractivity contribution < 1.29 is 13.5 Å². The van der Waals surface area contributed by atoms with Crippen LogP contribution in [0.5, 0.6) is 5.75 Å². The van der Waals surface area contributed by atoms with Gasteiger partial charge in [-0.1, -0.05) is 0 Å². The first-order chi connectivity index (χ1) is 7.11. The number of methoxy groups -OCH3 is 1. The molecule has 0 aromatic carbocycles. The van der Waals surface area contributed by atoms with Gasteiger partial charge in [0.2, 0.25) is 0 Å². The fourth-order valence-corrected chi connectivity index (χ4v) is 1.73. The van der Waals surface area contributed by atoms with Crippen LogP contribution in [-0.4, -0.2) is 12.1 Å². The van der Waals surface area contributed by atoms with E-state index in [0.29, 0.717) is 9.13 Å². The summed E-state index contributed by atoms with van der Waals surface area (Å²) in [4.78, 5) is 3.60. The van der Waals surface area contributed by atoms with Crippen molar-refractivity contribution in [1.82, 2.24) is 4.98 Å². The number of hydrogen-bond donors (Lipinski definition) is 0. The van der Waals surface area contributed by atoms with Crippen molar-refractivity contribution in [2.24, 2.45) is 0 Å². The minimum Gasteiger partial charge on any atom is -0.494 e. The first-order valence-electron chi connectivity index (χ1n) is 3.98. The van der Waals surface area contributed by atoms with Crippen LogP contribution in [0.15, 0.2) is 6.20 Å². The van der Waals surface area contributed by atoms with Crippen molar-refractivity contribution in [2.45, 2.75) is 12.8 Å². The Balaban J connectivity index is 3.34. The highest BCUT2D eigenvalue weighted by Crippen LogP contribution is 2.32. The van der Waals surface area contributed by atoms with Crippen LogP contribution in [0.25, 0.3) is 0 Å². The van der Waals surface area contributed by atoms with Crippen molar-refractivity contribution in [1.29, 1.82) is 5.26 Å². The second-order valence-corrected chi connectivity index (χ2v) is 3.80. The van der Waals surface area contributed by atoms with Gasteiger partial charge < -0.3 is 4.74 Å². The zero-order valence-corrected chi connectivity index (χ0v) is 9.96. The fourth-order valence-electron chi connectivity index (χ4n) is 1.15. The molecule has 3 nitrogen and oxygen atoms in total. The van der Waals surface area contributed by atoms with Crippen LogP contribution in [0.1, 0.15) is 17.7 Å². The topological polar surface area (TPSA) is 45.9 Å². The first-order valence-corrected chi connectivity index (χ1v) is 5.06. The summed E-state index contributed by atoms with van der Waals surface area (Å²) < 4.78 is 30.6. The van der Waals surface area contributed by atoms with Gasteiger partial charge in [-0.15, -0.1) is 0 Å². The Kier molecular flexibility index (Phi) is 4.20. The second-order valence-electron chi connectivity index (χ2n) is 2.64. The molecule has 0 spiro atoms. The molecule has 0 bridgehead atoms. The van der Waals surface area contributed by atoms with Gasteiger partial charge in [0.15, 0.2) is 5.75 Å². The average Bonchev–Trinajstić information content (AvgIpc) is 2.20. The zero-order valence-electron chi connectivity index (χ0n) is 7.80. The molecule has 1 aromatic rings. The summed E-state index contributed by atoms with van der Waals surface area (Å²) in [5.41, 5.74) is 0.0501. The number of halogens is 3. The highest BCUT2D eigenvalue weighted by Gasteiger charge is 2.20. The van der Waals surface area contributed by atoms with Crippen LogP contribution in [0.3, 0.4) is 0 Å². The number of nitriles is 1. The number of ether oxygens (including phenoxy) is 1. The number of hydrogen-bond acceptors (Lipinski definition) is 3. The fraction of sp³-hybridized carbons (Fsp3) is 0.333. The minimum absolute atomic E-state index is 0.0125. The van der Waals surface area contributed by atoms with E-state index in [9.17, 15) is 8.78 Å². The first kappa shape index (κ1) is 12.1. The number of nitrogens with zero attached hydrogens (tertiary/aromatic N) is 2. The Hall–Kier alpha value is -0.970. The van der Waals surface area contributed by atoms with Crippen LogP contribution < -0.4 is 4.74 Å². The van der Waals surface area contributed by atoms with Crippen molar-refractivity contribution in [3.8, 4) is 11.8 Å². The molecule has 15 heavy (non-hydrogen) atoms. The van der Waals surface area contributed by atoms with E-state index < -0.39 is 12.1 Å². The molecule has 0 atom stereocenters. The van der Waals surface area contributed by atoms with Crippen molar-refractivity contribution in [3.05, 3.63) is 21.0 Å². The summed E-state index contributed by atoms with van der Waals surface area (Å²) in [5.74, 6) is 0.0125. The number of pyridine rings is 1. The molecule has 0 aliphatic heterocycles. The summed E-state index contributed by atoms with van der Waals surface area (Å²) in [7, 11) is 1.29. The van der Waals surface area contributed by atoms with Gasteiger partial charge in [-0.25, -0.2) is 8.78 Å². The largest absolute Gasteiger partial charge is 0.494 e. The lowest BCUT2D eigenvalue weighted by Gasteiger charge is -2.11. The van der Waals surface area contributed by atoms with E-state index in [-0.39, 0.29) is 12.2 Å². The predicted molar refractivity (Wildman–Crippen MR) is 57.8 cm³/mol. The van der Waals surface area contributed by atoms with E-state index in [0.717, 1.165) is 0 Å². The minimum atomic E-state index is -2.70. The van der Waals surface area contributed by atoms with Gasteiger partial charge in [-0.3, -0.25) is 4.98 Å². The third-order valence-electron chi connectivity index (χ3n) is 1.78. The second kappa shape index (κ2) is 5.21. The maximum Gasteiger partial charge on any atom is 0.284 e. The van der Waals surface area contributed by atoms with Gasteiger partial charge in [0.05, 0.1) is 19.6 Å². The van der Waals surface area contributed by atoms with Gasteiger partial charge >= 0.3 is 0 Å². The van der Waals surface area contributed by atoms with Crippen LogP contribution in [0.2, 0.25) is 0 Å². The van der Waals surface area contributed by atoms with Crippen LogP contribution in [0.4, 0.5) is 8.78 Å². The predicted octanol–water partition coefficient (Wildman–Crippen LogP) is 2.70. The third kappa shape index (κ3) is 2.53. The van der Waals surface area contributed by atoms with E-state index in [1.54, 1.807) is 0 Å². The van der Waals surface area contributed by atoms with Crippen LogP contribution in [-0.2, 0) is 6.42 Å². The highest BCUT2D eigenvalue weighted by atomic mass is 127. The Morgan fingerprint density at radius 1 is 1.67 bits per heavy atom. The molecule has 1 rings (SSSR count). The van der Waals surface area contributed by atoms with E-state index >= 15 is 0 Å². The highest BCUT2D eigenvalue weighted by molar-refractivity contribution is 14.1. The van der Waals surface area contributed by atoms with Gasteiger partial charge in [-0.2, -0.15) is 5.26 Å². The quantitative estimate of drug-likeness (QED) is 0.803. The molecule has 80 valence electrons. The Labute approximate surface area is 99.2 Å². The summed E-state index contributed by atoms with van der Waals surface area (Å²) in [6, 6.07) is 1.91. The van der Waals surface area contributed by atoms with Crippen molar-refractivity contribution in [2.75, 3.05) is 7.11 Å². The molecule has 0 unspecified atom stereocenters. The lowest BCUT2D eigenvalue weighted by Crippen LogP contribution is -2.02. The summed E-state index contributed by atoms with van der Waals surface area (Å²) in [6.45, 7) is 0. The summed E-state index contributed by atoms with van der Waals surface area (Å²) in [6.07, 6.45) is -1.35. The Bertz CT molecular complexity index is 404. The smallest absolute Gasteiger partial charge is 0.284 e. The Morgan fingerprint density at radius 2 is 2.33 bits per heavy atom. The molecule has 6 heteroatoms. The van der Waals surface area contributed by atoms with Crippen LogP contribution in [0, 0.1) is 14.9 Å². The zero-order chi connectivity index (χ0) is 11.4. The van der Waals surface area contributed by atoms with Crippen LogP contribution >= 0.6 is 22.6 Å². The Morgan fingerprint density at radius 3 is 2.80 bits per heavy atom. The maximum atomic E-state index is 12.5. The molecule has 0 aliphatic carbocycles. The van der Waals surface area contributed by atoms with Crippen molar-refractivity contribution in [3.63, 3.8) is 0 Å². The lowest BCUT2D eigenvalue weighted by atomic mass is 10.1. The molecule has 0 fully saturated rings. The number of aromatic nitrogens is 1. The SMILES string of the molecule is COc1c(C(F)F)ncc(I)c1CC#N. The monoisotopic (exact) mass is 324 g/mol. The van der Waals surface area contributed by atoms with E-state index in [1.807, 2.05) is 28.7 Å². The molecular formula is C9H7F2IN2O. The maximum absolute atomic E-state index is 12.5. The normalized spacial score (nSPS) is 10.1. The molecule has 0 aliphatic rings.